The van der Waals surface area contributed by atoms with Gasteiger partial charge in [0, 0.05) is 24.8 Å². The highest BCUT2D eigenvalue weighted by molar-refractivity contribution is 5.11. The first-order valence-electron chi connectivity index (χ1n) is 7.86. The molecule has 2 aliphatic rings. The highest BCUT2D eigenvalue weighted by atomic mass is 16.5. The van der Waals surface area contributed by atoms with Gasteiger partial charge in [-0.1, -0.05) is 6.07 Å². The Hall–Kier alpha value is -1.85. The predicted molar refractivity (Wildman–Crippen MR) is 80.5 cm³/mol. The Morgan fingerprint density at radius 1 is 1.23 bits per heavy atom. The molecule has 0 spiro atoms. The Bertz CT molecular complexity index is 587. The molecule has 5 nitrogen and oxygen atoms in total. The maximum Gasteiger partial charge on any atom is 0.213 e. The zero-order chi connectivity index (χ0) is 14.8. The highest BCUT2D eigenvalue weighted by Crippen LogP contribution is 2.33. The van der Waals surface area contributed by atoms with Crippen molar-refractivity contribution in [2.45, 2.75) is 37.6 Å². The lowest BCUT2D eigenvalue weighted by Crippen LogP contribution is -2.51. The van der Waals surface area contributed by atoms with E-state index < -0.39 is 0 Å². The summed E-state index contributed by atoms with van der Waals surface area (Å²) in [6.07, 6.45) is 5.77. The lowest BCUT2D eigenvalue weighted by molar-refractivity contribution is -0.0934. The maximum absolute atomic E-state index is 6.04. The normalized spacial score (nSPS) is 28.5. The number of nitrogens with zero attached hydrogens (tertiary/aromatic N) is 2. The van der Waals surface area contributed by atoms with Crippen LogP contribution < -0.4 is 4.74 Å². The molecule has 5 heteroatoms. The minimum Gasteiger partial charge on any atom is -0.472 e. The van der Waals surface area contributed by atoms with E-state index in [9.17, 15) is 0 Å². The molecule has 0 radical (unpaired) electrons. The second-order valence-corrected chi connectivity index (χ2v) is 5.85. The van der Waals surface area contributed by atoms with E-state index in [-0.39, 0.29) is 12.2 Å². The largest absolute Gasteiger partial charge is 0.472 e. The van der Waals surface area contributed by atoms with E-state index >= 15 is 0 Å². The molecule has 3 atom stereocenters. The number of hydrogen-bond acceptors (Lipinski definition) is 5. The van der Waals surface area contributed by atoms with Gasteiger partial charge in [0.15, 0.2) is 0 Å². The van der Waals surface area contributed by atoms with Gasteiger partial charge < -0.3 is 13.9 Å². The third kappa shape index (κ3) is 2.74. The number of rotatable bonds is 4. The van der Waals surface area contributed by atoms with Crippen molar-refractivity contribution in [1.29, 1.82) is 0 Å². The van der Waals surface area contributed by atoms with E-state index in [0.717, 1.165) is 38.3 Å². The maximum atomic E-state index is 6.04. The molecule has 22 heavy (non-hydrogen) atoms. The van der Waals surface area contributed by atoms with Crippen molar-refractivity contribution in [3.05, 3.63) is 48.6 Å². The zero-order valence-corrected chi connectivity index (χ0v) is 12.4. The van der Waals surface area contributed by atoms with Crippen LogP contribution in [0, 0.1) is 0 Å². The summed E-state index contributed by atoms with van der Waals surface area (Å²) in [5.41, 5.74) is 0. The van der Waals surface area contributed by atoms with Gasteiger partial charge in [0.05, 0.1) is 19.4 Å². The van der Waals surface area contributed by atoms with Gasteiger partial charge in [-0.05, 0) is 31.0 Å². The molecule has 0 aromatic carbocycles. The molecule has 116 valence electrons. The van der Waals surface area contributed by atoms with Crippen molar-refractivity contribution in [2.24, 2.45) is 0 Å². The molecule has 2 fully saturated rings. The molecule has 1 saturated heterocycles. The molecule has 2 aromatic rings. The summed E-state index contributed by atoms with van der Waals surface area (Å²) in [5.74, 6) is 1.69. The molecule has 0 N–H and O–H groups in total. The number of morpholine rings is 1. The second kappa shape index (κ2) is 6.10. The average Bonchev–Trinajstić information content (AvgIpc) is 3.19. The standard InChI is InChI=1S/C17H20N2O3/c1-2-8-18-16(5-1)22-15-7-6-14-17(15)21-11-9-19(14)12-13-4-3-10-20-13/h1-5,8,10,14-15,17H,6-7,9,11-12H2/t14-,15+,17+/m1/s1. The molecule has 4 rings (SSSR count). The van der Waals surface area contributed by atoms with E-state index in [1.54, 1.807) is 12.5 Å². The minimum absolute atomic E-state index is 0.0827. The molecule has 1 aliphatic carbocycles. The smallest absolute Gasteiger partial charge is 0.213 e. The highest BCUT2D eigenvalue weighted by Gasteiger charge is 2.44. The van der Waals surface area contributed by atoms with Crippen LogP contribution >= 0.6 is 0 Å². The van der Waals surface area contributed by atoms with Crippen LogP contribution in [0.15, 0.2) is 47.2 Å². The second-order valence-electron chi connectivity index (χ2n) is 5.85. The van der Waals surface area contributed by atoms with Crippen LogP contribution in [0.2, 0.25) is 0 Å². The third-order valence-electron chi connectivity index (χ3n) is 4.50. The van der Waals surface area contributed by atoms with Crippen molar-refractivity contribution in [3.63, 3.8) is 0 Å². The first-order valence-corrected chi connectivity index (χ1v) is 7.86. The Kier molecular flexibility index (Phi) is 3.83. The number of fused-ring (bicyclic) bond motifs is 1. The van der Waals surface area contributed by atoms with Gasteiger partial charge in [-0.15, -0.1) is 0 Å². The fraction of sp³-hybridized carbons (Fsp3) is 0.471. The van der Waals surface area contributed by atoms with E-state index in [0.29, 0.717) is 11.9 Å². The number of furan rings is 1. The van der Waals surface area contributed by atoms with Crippen LogP contribution in [0.4, 0.5) is 0 Å². The number of ether oxygens (including phenoxy) is 2. The summed E-state index contributed by atoms with van der Waals surface area (Å²) in [7, 11) is 0. The Morgan fingerprint density at radius 2 is 2.23 bits per heavy atom. The van der Waals surface area contributed by atoms with Gasteiger partial charge in [0.1, 0.15) is 18.0 Å². The molecule has 0 amide bonds. The van der Waals surface area contributed by atoms with Crippen molar-refractivity contribution in [1.82, 2.24) is 9.88 Å². The van der Waals surface area contributed by atoms with Crippen molar-refractivity contribution >= 4 is 0 Å². The topological polar surface area (TPSA) is 47.7 Å². The number of pyridine rings is 1. The fourth-order valence-corrected chi connectivity index (χ4v) is 3.49. The van der Waals surface area contributed by atoms with Gasteiger partial charge in [0.25, 0.3) is 0 Å². The molecule has 0 bridgehead atoms. The zero-order valence-electron chi connectivity index (χ0n) is 12.4. The number of aromatic nitrogens is 1. The van der Waals surface area contributed by atoms with E-state index in [4.69, 9.17) is 13.9 Å². The summed E-state index contributed by atoms with van der Waals surface area (Å²) >= 11 is 0. The van der Waals surface area contributed by atoms with Gasteiger partial charge >= 0.3 is 0 Å². The SMILES string of the molecule is c1ccc(O[C@H]2CC[C@@H]3[C@@H]2OCCN3Cc2ccco2)nc1. The van der Waals surface area contributed by atoms with Crippen LogP contribution in [0.3, 0.4) is 0 Å². The monoisotopic (exact) mass is 300 g/mol. The van der Waals surface area contributed by atoms with Crippen molar-refractivity contribution in [2.75, 3.05) is 13.2 Å². The first-order chi connectivity index (χ1) is 10.9. The Balaban J connectivity index is 1.44. The summed E-state index contributed by atoms with van der Waals surface area (Å²) in [6, 6.07) is 10.1. The van der Waals surface area contributed by atoms with E-state index in [1.165, 1.54) is 0 Å². The summed E-state index contributed by atoms with van der Waals surface area (Å²) < 4.78 is 17.5. The van der Waals surface area contributed by atoms with Crippen LogP contribution in [0.1, 0.15) is 18.6 Å². The summed E-state index contributed by atoms with van der Waals surface area (Å²) in [5, 5.41) is 0. The molecular formula is C17H20N2O3. The number of hydrogen-bond donors (Lipinski definition) is 0. The van der Waals surface area contributed by atoms with Crippen LogP contribution in [-0.4, -0.2) is 41.3 Å². The van der Waals surface area contributed by atoms with Crippen molar-refractivity contribution in [3.8, 4) is 5.88 Å². The van der Waals surface area contributed by atoms with Crippen molar-refractivity contribution < 1.29 is 13.9 Å². The van der Waals surface area contributed by atoms with Gasteiger partial charge in [0.2, 0.25) is 5.88 Å². The first kappa shape index (κ1) is 13.8. The molecule has 1 aliphatic heterocycles. The average molecular weight is 300 g/mol. The summed E-state index contributed by atoms with van der Waals surface area (Å²) in [6.45, 7) is 2.52. The van der Waals surface area contributed by atoms with Gasteiger partial charge in [-0.3, -0.25) is 4.90 Å². The minimum atomic E-state index is 0.0827. The Labute approximate surface area is 129 Å². The van der Waals surface area contributed by atoms with Crippen LogP contribution in [0.25, 0.3) is 0 Å². The van der Waals surface area contributed by atoms with Gasteiger partial charge in [-0.25, -0.2) is 4.98 Å². The summed E-state index contributed by atoms with van der Waals surface area (Å²) in [4.78, 5) is 6.71. The fourth-order valence-electron chi connectivity index (χ4n) is 3.49. The van der Waals surface area contributed by atoms with E-state index in [2.05, 4.69) is 9.88 Å². The molecule has 1 saturated carbocycles. The molecular weight excluding hydrogens is 280 g/mol. The molecule has 0 unspecified atom stereocenters. The Morgan fingerprint density at radius 3 is 3.05 bits per heavy atom. The molecule has 3 heterocycles. The lowest BCUT2D eigenvalue weighted by atomic mass is 10.1. The van der Waals surface area contributed by atoms with Crippen LogP contribution in [-0.2, 0) is 11.3 Å². The van der Waals surface area contributed by atoms with E-state index in [1.807, 2.05) is 30.3 Å². The van der Waals surface area contributed by atoms with Crippen LogP contribution in [0.5, 0.6) is 5.88 Å². The van der Waals surface area contributed by atoms with Gasteiger partial charge in [-0.2, -0.15) is 0 Å². The molecule has 2 aromatic heterocycles. The third-order valence-corrected chi connectivity index (χ3v) is 4.50. The lowest BCUT2D eigenvalue weighted by Gasteiger charge is -2.38. The predicted octanol–water partition coefficient (Wildman–Crippen LogP) is 2.49. The quantitative estimate of drug-likeness (QED) is 0.868.